The van der Waals surface area contributed by atoms with Crippen LogP contribution >= 0.6 is 0 Å². The molecule has 0 unspecified atom stereocenters. The molecule has 1 rings (SSSR count). The predicted octanol–water partition coefficient (Wildman–Crippen LogP) is 1.09. The molecule has 1 aromatic rings. The molecule has 0 radical (unpaired) electrons. The SMILES string of the molecule is COc1ccc(CNC(=O)CNC(=O)C(C)C)cc1OC. The fraction of sp³-hybridized carbons (Fsp3) is 0.467. The Kier molecular flexibility index (Phi) is 6.52. The van der Waals surface area contributed by atoms with E-state index in [1.165, 1.54) is 0 Å². The van der Waals surface area contributed by atoms with Gasteiger partial charge in [0.1, 0.15) is 0 Å². The van der Waals surface area contributed by atoms with Crippen LogP contribution in [0, 0.1) is 5.92 Å². The van der Waals surface area contributed by atoms with Crippen molar-refractivity contribution in [3.63, 3.8) is 0 Å². The van der Waals surface area contributed by atoms with Gasteiger partial charge < -0.3 is 20.1 Å². The zero-order valence-electron chi connectivity index (χ0n) is 12.9. The lowest BCUT2D eigenvalue weighted by molar-refractivity contribution is -0.127. The Morgan fingerprint density at radius 1 is 1.10 bits per heavy atom. The van der Waals surface area contributed by atoms with Gasteiger partial charge in [-0.1, -0.05) is 19.9 Å². The average Bonchev–Trinajstić information content (AvgIpc) is 2.49. The molecule has 0 spiro atoms. The second kappa shape index (κ2) is 8.14. The number of hydrogen-bond acceptors (Lipinski definition) is 4. The lowest BCUT2D eigenvalue weighted by Gasteiger charge is -2.11. The normalized spacial score (nSPS) is 10.1. The van der Waals surface area contributed by atoms with Crippen molar-refractivity contribution in [2.75, 3.05) is 20.8 Å². The molecule has 0 atom stereocenters. The first-order chi connectivity index (χ1) is 9.97. The van der Waals surface area contributed by atoms with Crippen LogP contribution in [0.5, 0.6) is 11.5 Å². The number of methoxy groups -OCH3 is 2. The summed E-state index contributed by atoms with van der Waals surface area (Å²) in [4.78, 5) is 23.0. The third-order valence-corrected chi connectivity index (χ3v) is 2.89. The van der Waals surface area contributed by atoms with Gasteiger partial charge in [0.15, 0.2) is 11.5 Å². The quantitative estimate of drug-likeness (QED) is 0.789. The van der Waals surface area contributed by atoms with Gasteiger partial charge in [-0.2, -0.15) is 0 Å². The summed E-state index contributed by atoms with van der Waals surface area (Å²) in [5.41, 5.74) is 0.885. The van der Waals surface area contributed by atoms with Crippen LogP contribution in [0.25, 0.3) is 0 Å². The Bertz CT molecular complexity index is 500. The number of nitrogens with one attached hydrogen (secondary N) is 2. The van der Waals surface area contributed by atoms with Gasteiger partial charge in [0.05, 0.1) is 20.8 Å². The molecular weight excluding hydrogens is 272 g/mol. The van der Waals surface area contributed by atoms with Crippen molar-refractivity contribution >= 4 is 11.8 Å². The molecule has 0 aliphatic carbocycles. The van der Waals surface area contributed by atoms with Gasteiger partial charge in [0.25, 0.3) is 0 Å². The summed E-state index contributed by atoms with van der Waals surface area (Å²) in [6.07, 6.45) is 0. The van der Waals surface area contributed by atoms with E-state index in [0.717, 1.165) is 5.56 Å². The molecule has 0 bridgehead atoms. The molecule has 0 saturated carbocycles. The van der Waals surface area contributed by atoms with Crippen molar-refractivity contribution < 1.29 is 19.1 Å². The highest BCUT2D eigenvalue weighted by Gasteiger charge is 2.09. The van der Waals surface area contributed by atoms with Crippen LogP contribution in [0.1, 0.15) is 19.4 Å². The monoisotopic (exact) mass is 294 g/mol. The number of hydrogen-bond donors (Lipinski definition) is 2. The van der Waals surface area contributed by atoms with E-state index >= 15 is 0 Å². The minimum absolute atomic E-state index is 0.0235. The first-order valence-electron chi connectivity index (χ1n) is 6.73. The summed E-state index contributed by atoms with van der Waals surface area (Å²) in [5.74, 6) is 0.729. The lowest BCUT2D eigenvalue weighted by atomic mass is 10.2. The molecule has 0 aliphatic rings. The maximum atomic E-state index is 11.6. The van der Waals surface area contributed by atoms with E-state index in [1.807, 2.05) is 6.07 Å². The molecular formula is C15H22N2O4. The summed E-state index contributed by atoms with van der Waals surface area (Å²) >= 11 is 0. The zero-order chi connectivity index (χ0) is 15.8. The molecule has 2 N–H and O–H groups in total. The first-order valence-corrected chi connectivity index (χ1v) is 6.73. The topological polar surface area (TPSA) is 76.7 Å². The number of ether oxygens (including phenoxy) is 2. The largest absolute Gasteiger partial charge is 0.493 e. The van der Waals surface area contributed by atoms with Crippen LogP contribution in [-0.2, 0) is 16.1 Å². The van der Waals surface area contributed by atoms with E-state index in [1.54, 1.807) is 40.2 Å². The highest BCUT2D eigenvalue weighted by molar-refractivity contribution is 5.85. The van der Waals surface area contributed by atoms with Gasteiger partial charge in [0, 0.05) is 12.5 Å². The maximum Gasteiger partial charge on any atom is 0.239 e. The van der Waals surface area contributed by atoms with E-state index in [4.69, 9.17) is 9.47 Å². The first kappa shape index (κ1) is 16.8. The minimum atomic E-state index is -0.237. The Labute approximate surface area is 124 Å². The van der Waals surface area contributed by atoms with Crippen LogP contribution in [0.15, 0.2) is 18.2 Å². The highest BCUT2D eigenvalue weighted by atomic mass is 16.5. The molecule has 0 aromatic heterocycles. The van der Waals surface area contributed by atoms with Gasteiger partial charge >= 0.3 is 0 Å². The van der Waals surface area contributed by atoms with Crippen molar-refractivity contribution in [2.45, 2.75) is 20.4 Å². The molecule has 0 fully saturated rings. The van der Waals surface area contributed by atoms with Crippen molar-refractivity contribution in [1.29, 1.82) is 0 Å². The maximum absolute atomic E-state index is 11.6. The summed E-state index contributed by atoms with van der Waals surface area (Å²) in [7, 11) is 3.12. The number of carbonyl (C=O) groups is 2. The Hall–Kier alpha value is -2.24. The summed E-state index contributed by atoms with van der Waals surface area (Å²) in [6, 6.07) is 5.42. The fourth-order valence-corrected chi connectivity index (χ4v) is 1.63. The zero-order valence-corrected chi connectivity index (χ0v) is 12.9. The van der Waals surface area contributed by atoms with Gasteiger partial charge in [-0.05, 0) is 17.7 Å². The van der Waals surface area contributed by atoms with Crippen LogP contribution in [-0.4, -0.2) is 32.6 Å². The number of carbonyl (C=O) groups excluding carboxylic acids is 2. The molecule has 2 amide bonds. The van der Waals surface area contributed by atoms with Crippen LogP contribution in [0.2, 0.25) is 0 Å². The van der Waals surface area contributed by atoms with Crippen LogP contribution < -0.4 is 20.1 Å². The van der Waals surface area contributed by atoms with Gasteiger partial charge in [-0.15, -0.1) is 0 Å². The van der Waals surface area contributed by atoms with Gasteiger partial charge in [-0.25, -0.2) is 0 Å². The number of benzene rings is 1. The Balaban J connectivity index is 2.48. The van der Waals surface area contributed by atoms with E-state index in [-0.39, 0.29) is 24.3 Å². The summed E-state index contributed by atoms with van der Waals surface area (Å²) in [6.45, 7) is 3.88. The van der Waals surface area contributed by atoms with Crippen molar-refractivity contribution in [1.82, 2.24) is 10.6 Å². The number of amides is 2. The minimum Gasteiger partial charge on any atom is -0.493 e. The summed E-state index contributed by atoms with van der Waals surface area (Å²) in [5, 5.41) is 5.30. The second-order valence-corrected chi connectivity index (χ2v) is 4.84. The van der Waals surface area contributed by atoms with Crippen molar-refractivity contribution in [3.8, 4) is 11.5 Å². The number of rotatable bonds is 7. The van der Waals surface area contributed by atoms with Gasteiger partial charge in [0.2, 0.25) is 11.8 Å². The molecule has 6 nitrogen and oxygen atoms in total. The molecule has 21 heavy (non-hydrogen) atoms. The molecule has 0 aliphatic heterocycles. The van der Waals surface area contributed by atoms with E-state index in [2.05, 4.69) is 10.6 Å². The molecule has 0 saturated heterocycles. The molecule has 116 valence electrons. The van der Waals surface area contributed by atoms with Crippen molar-refractivity contribution in [3.05, 3.63) is 23.8 Å². The van der Waals surface area contributed by atoms with Crippen LogP contribution in [0.3, 0.4) is 0 Å². The fourth-order valence-electron chi connectivity index (χ4n) is 1.63. The molecule has 1 aromatic carbocycles. The highest BCUT2D eigenvalue weighted by Crippen LogP contribution is 2.27. The predicted molar refractivity (Wildman–Crippen MR) is 79.2 cm³/mol. The molecule has 6 heteroatoms. The Morgan fingerprint density at radius 2 is 1.76 bits per heavy atom. The van der Waals surface area contributed by atoms with Crippen LogP contribution in [0.4, 0.5) is 0 Å². The van der Waals surface area contributed by atoms with E-state index in [0.29, 0.717) is 18.0 Å². The van der Waals surface area contributed by atoms with Crippen molar-refractivity contribution in [2.24, 2.45) is 5.92 Å². The summed E-state index contributed by atoms with van der Waals surface area (Å²) < 4.78 is 10.3. The smallest absolute Gasteiger partial charge is 0.239 e. The Morgan fingerprint density at radius 3 is 2.33 bits per heavy atom. The second-order valence-electron chi connectivity index (χ2n) is 4.84. The van der Waals surface area contributed by atoms with Gasteiger partial charge in [-0.3, -0.25) is 9.59 Å². The third-order valence-electron chi connectivity index (χ3n) is 2.89. The van der Waals surface area contributed by atoms with E-state index in [9.17, 15) is 9.59 Å². The lowest BCUT2D eigenvalue weighted by Crippen LogP contribution is -2.38. The van der Waals surface area contributed by atoms with E-state index < -0.39 is 0 Å². The average molecular weight is 294 g/mol. The molecule has 0 heterocycles. The third kappa shape index (κ3) is 5.33. The standard InChI is InChI=1S/C15H22N2O4/c1-10(2)15(19)17-9-14(18)16-8-11-5-6-12(20-3)13(7-11)21-4/h5-7,10H,8-9H2,1-4H3,(H,16,18)(H,17,19).